The minimum Gasteiger partial charge on any atom is -0.484 e. The molecule has 0 heterocycles. The van der Waals surface area contributed by atoms with Gasteiger partial charge in [0.25, 0.3) is 11.8 Å². The van der Waals surface area contributed by atoms with Gasteiger partial charge in [0, 0.05) is 23.7 Å². The number of carbonyl (C=O) groups excluding carboxylic acids is 2. The Morgan fingerprint density at radius 1 is 0.971 bits per heavy atom. The van der Waals surface area contributed by atoms with E-state index in [-0.39, 0.29) is 47.6 Å². The Balaban J connectivity index is 1.20. The SMILES string of the molecule is O=C(COc1cccc(OC(F)(F)F)c1)NC1CC2(NC(=O)COc3ccc(Cl)c(F)c3)CC1C2. The van der Waals surface area contributed by atoms with Gasteiger partial charge < -0.3 is 24.8 Å². The number of benzene rings is 2. The van der Waals surface area contributed by atoms with Gasteiger partial charge in [-0.05, 0) is 49.4 Å². The first-order chi connectivity index (χ1) is 16.5. The van der Waals surface area contributed by atoms with Crippen LogP contribution in [0.3, 0.4) is 0 Å². The number of alkyl halides is 3. The molecule has 1 atom stereocenters. The highest BCUT2D eigenvalue weighted by Crippen LogP contribution is 2.52. The molecule has 2 N–H and O–H groups in total. The fourth-order valence-corrected chi connectivity index (χ4v) is 4.63. The Morgan fingerprint density at radius 2 is 1.63 bits per heavy atom. The summed E-state index contributed by atoms with van der Waals surface area (Å²) in [5.74, 6) is -1.47. The predicted octanol–water partition coefficient (Wildman–Crippen LogP) is 3.99. The van der Waals surface area contributed by atoms with Crippen LogP contribution in [0.15, 0.2) is 42.5 Å². The van der Waals surface area contributed by atoms with Crippen molar-refractivity contribution in [3.8, 4) is 17.2 Å². The fourth-order valence-electron chi connectivity index (χ4n) is 4.51. The first-order valence-corrected chi connectivity index (χ1v) is 11.0. The summed E-state index contributed by atoms with van der Waals surface area (Å²) in [7, 11) is 0. The molecule has 2 aromatic carbocycles. The third-order valence-corrected chi connectivity index (χ3v) is 6.21. The molecule has 2 aromatic rings. The molecule has 3 fully saturated rings. The normalized spacial score (nSPS) is 22.7. The van der Waals surface area contributed by atoms with Crippen LogP contribution < -0.4 is 24.8 Å². The summed E-state index contributed by atoms with van der Waals surface area (Å²) in [6.45, 7) is -0.682. The van der Waals surface area contributed by atoms with Gasteiger partial charge in [0.15, 0.2) is 13.2 Å². The average molecular weight is 517 g/mol. The quantitative estimate of drug-likeness (QED) is 0.492. The van der Waals surface area contributed by atoms with Crippen molar-refractivity contribution < 1.29 is 41.4 Å². The van der Waals surface area contributed by atoms with E-state index in [1.165, 1.54) is 24.3 Å². The maximum absolute atomic E-state index is 13.5. The van der Waals surface area contributed by atoms with E-state index in [9.17, 15) is 27.2 Å². The second-order valence-corrected chi connectivity index (χ2v) is 8.96. The van der Waals surface area contributed by atoms with Crippen LogP contribution in [0.2, 0.25) is 5.02 Å². The topological polar surface area (TPSA) is 85.9 Å². The molecule has 35 heavy (non-hydrogen) atoms. The van der Waals surface area contributed by atoms with Gasteiger partial charge in [-0.2, -0.15) is 0 Å². The monoisotopic (exact) mass is 516 g/mol. The second-order valence-electron chi connectivity index (χ2n) is 8.55. The van der Waals surface area contributed by atoms with Crippen LogP contribution >= 0.6 is 11.6 Å². The molecule has 2 bridgehead atoms. The zero-order valence-corrected chi connectivity index (χ0v) is 18.9. The van der Waals surface area contributed by atoms with E-state index < -0.39 is 29.4 Å². The summed E-state index contributed by atoms with van der Waals surface area (Å²) in [5, 5.41) is 5.73. The number of amides is 2. The van der Waals surface area contributed by atoms with Gasteiger partial charge in [0.05, 0.1) is 5.02 Å². The van der Waals surface area contributed by atoms with Crippen molar-refractivity contribution in [2.45, 2.75) is 37.2 Å². The number of rotatable bonds is 9. The van der Waals surface area contributed by atoms with E-state index in [4.69, 9.17) is 21.1 Å². The third kappa shape index (κ3) is 6.47. The van der Waals surface area contributed by atoms with Crippen molar-refractivity contribution in [3.63, 3.8) is 0 Å². The maximum Gasteiger partial charge on any atom is 0.573 e. The zero-order chi connectivity index (χ0) is 25.2. The summed E-state index contributed by atoms with van der Waals surface area (Å²) in [4.78, 5) is 24.6. The van der Waals surface area contributed by atoms with Crippen molar-refractivity contribution in [2.24, 2.45) is 5.92 Å². The Hall–Kier alpha value is -3.21. The lowest BCUT2D eigenvalue weighted by molar-refractivity contribution is -0.274. The van der Waals surface area contributed by atoms with Gasteiger partial charge in [-0.15, -0.1) is 13.2 Å². The summed E-state index contributed by atoms with van der Waals surface area (Å²) in [6.07, 6.45) is -2.92. The number of hydrogen-bond acceptors (Lipinski definition) is 5. The van der Waals surface area contributed by atoms with Gasteiger partial charge in [-0.1, -0.05) is 17.7 Å². The molecule has 0 spiro atoms. The van der Waals surface area contributed by atoms with Crippen LogP contribution in [0.4, 0.5) is 17.6 Å². The number of carbonyl (C=O) groups is 2. The maximum atomic E-state index is 13.5. The molecule has 0 radical (unpaired) electrons. The lowest BCUT2D eigenvalue weighted by Gasteiger charge is -2.39. The molecular weight excluding hydrogens is 496 g/mol. The molecule has 188 valence electrons. The minimum atomic E-state index is -4.83. The van der Waals surface area contributed by atoms with Crippen molar-refractivity contribution in [2.75, 3.05) is 13.2 Å². The van der Waals surface area contributed by atoms with E-state index >= 15 is 0 Å². The molecule has 5 rings (SSSR count). The Kier molecular flexibility index (Phi) is 6.98. The number of ether oxygens (including phenoxy) is 3. The van der Waals surface area contributed by atoms with E-state index in [1.54, 1.807) is 0 Å². The number of hydrogen-bond donors (Lipinski definition) is 2. The third-order valence-electron chi connectivity index (χ3n) is 5.91. The second kappa shape index (κ2) is 9.80. The van der Waals surface area contributed by atoms with Gasteiger partial charge in [0.1, 0.15) is 23.1 Å². The van der Waals surface area contributed by atoms with Crippen LogP contribution in [0.1, 0.15) is 19.3 Å². The molecule has 3 saturated carbocycles. The molecule has 0 saturated heterocycles. The van der Waals surface area contributed by atoms with Crippen LogP contribution in [0, 0.1) is 11.7 Å². The van der Waals surface area contributed by atoms with Gasteiger partial charge in [-0.3, -0.25) is 9.59 Å². The number of fused-ring (bicyclic) bond motifs is 1. The van der Waals surface area contributed by atoms with Crippen LogP contribution in [-0.4, -0.2) is 43.0 Å². The molecule has 1 unspecified atom stereocenters. The highest BCUT2D eigenvalue weighted by Gasteiger charge is 2.57. The van der Waals surface area contributed by atoms with Crippen LogP contribution in [0.5, 0.6) is 17.2 Å². The molecule has 3 aliphatic rings. The van der Waals surface area contributed by atoms with Gasteiger partial charge in [-0.25, -0.2) is 4.39 Å². The summed E-state index contributed by atoms with van der Waals surface area (Å²) in [6, 6.07) is 8.61. The van der Waals surface area contributed by atoms with Crippen LogP contribution in [-0.2, 0) is 9.59 Å². The fraction of sp³-hybridized carbons (Fsp3) is 0.391. The average Bonchev–Trinajstić information content (AvgIpc) is 3.25. The van der Waals surface area contributed by atoms with Crippen molar-refractivity contribution >= 4 is 23.4 Å². The Bertz CT molecular complexity index is 1110. The molecule has 3 aliphatic carbocycles. The van der Waals surface area contributed by atoms with Crippen molar-refractivity contribution in [1.82, 2.24) is 10.6 Å². The first-order valence-electron chi connectivity index (χ1n) is 10.7. The Labute approximate surface area is 202 Å². The number of nitrogens with one attached hydrogen (secondary N) is 2. The van der Waals surface area contributed by atoms with Gasteiger partial charge >= 0.3 is 6.36 Å². The first kappa shape index (κ1) is 24.9. The molecule has 7 nitrogen and oxygen atoms in total. The van der Waals surface area contributed by atoms with E-state index in [0.29, 0.717) is 19.3 Å². The van der Waals surface area contributed by atoms with E-state index in [0.717, 1.165) is 18.2 Å². The van der Waals surface area contributed by atoms with Gasteiger partial charge in [0.2, 0.25) is 0 Å². The van der Waals surface area contributed by atoms with Crippen molar-refractivity contribution in [1.29, 1.82) is 0 Å². The standard InChI is InChI=1S/C23H21ClF4N2O5/c24-17-5-4-15(7-18(17)25)34-12-21(32)30-22-8-13(9-22)19(10-22)29-20(31)11-33-14-2-1-3-16(6-14)35-23(26,27)28/h1-7,13,19H,8-12H2,(H,29,31)(H,30,32). The van der Waals surface area contributed by atoms with Crippen molar-refractivity contribution in [3.05, 3.63) is 53.3 Å². The molecule has 0 aromatic heterocycles. The number of halogens is 5. The summed E-state index contributed by atoms with van der Waals surface area (Å²) >= 11 is 5.62. The van der Waals surface area contributed by atoms with E-state index in [1.807, 2.05) is 0 Å². The van der Waals surface area contributed by atoms with Crippen LogP contribution in [0.25, 0.3) is 0 Å². The van der Waals surface area contributed by atoms with E-state index in [2.05, 4.69) is 15.4 Å². The lowest BCUT2D eigenvalue weighted by Crippen LogP contribution is -2.53. The molecule has 2 amide bonds. The predicted molar refractivity (Wildman–Crippen MR) is 116 cm³/mol. The highest BCUT2D eigenvalue weighted by molar-refractivity contribution is 6.30. The zero-order valence-electron chi connectivity index (χ0n) is 18.2. The molecule has 12 heteroatoms. The Morgan fingerprint density at radius 3 is 2.31 bits per heavy atom. The molecular formula is C23H21ClF4N2O5. The molecule has 0 aliphatic heterocycles. The lowest BCUT2D eigenvalue weighted by atomic mass is 9.76. The summed E-state index contributed by atoms with van der Waals surface area (Å²) < 4.78 is 64.9. The minimum absolute atomic E-state index is 0.0466. The largest absolute Gasteiger partial charge is 0.573 e. The smallest absolute Gasteiger partial charge is 0.484 e. The summed E-state index contributed by atoms with van der Waals surface area (Å²) in [5.41, 5.74) is -0.446. The highest BCUT2D eigenvalue weighted by atomic mass is 35.5.